The summed E-state index contributed by atoms with van der Waals surface area (Å²) in [7, 11) is 0. The van der Waals surface area contributed by atoms with Gasteiger partial charge >= 0.3 is 0 Å². The third kappa shape index (κ3) is 3.82. The maximum absolute atomic E-state index is 10.7. The Morgan fingerprint density at radius 2 is 2.18 bits per heavy atom. The Balaban J connectivity index is 2.06. The minimum absolute atomic E-state index is 0.481. The van der Waals surface area contributed by atoms with Gasteiger partial charge in [-0.05, 0) is 42.9 Å². The molecule has 94 valence electrons. The largest absolute Gasteiger partial charge is 0.390 e. The van der Waals surface area contributed by atoms with E-state index in [1.165, 1.54) is 12.0 Å². The normalized spacial score (nSPS) is 29.9. The molecule has 2 unspecified atom stereocenters. The van der Waals surface area contributed by atoms with E-state index in [-0.39, 0.29) is 0 Å². The molecule has 1 aliphatic carbocycles. The average Bonchev–Trinajstić information content (AvgIpc) is 2.41. The second kappa shape index (κ2) is 5.53. The van der Waals surface area contributed by atoms with Crippen LogP contribution in [0.5, 0.6) is 0 Å². The highest BCUT2D eigenvalue weighted by Crippen LogP contribution is 2.33. The lowest BCUT2D eigenvalue weighted by Gasteiger charge is -2.27. The van der Waals surface area contributed by atoms with E-state index in [4.69, 9.17) is 0 Å². The molecular weight excluding hydrogens is 276 g/mol. The summed E-state index contributed by atoms with van der Waals surface area (Å²) in [5.74, 6) is 0.770. The summed E-state index contributed by atoms with van der Waals surface area (Å²) in [5, 5.41) is 10.7. The van der Waals surface area contributed by atoms with Crippen molar-refractivity contribution in [2.45, 2.75) is 51.0 Å². The molecular formula is C15H21BrO. The molecule has 0 aliphatic heterocycles. The minimum Gasteiger partial charge on any atom is -0.390 e. The average molecular weight is 297 g/mol. The van der Waals surface area contributed by atoms with Crippen LogP contribution in [0, 0.1) is 5.92 Å². The molecule has 0 aromatic heterocycles. The van der Waals surface area contributed by atoms with Gasteiger partial charge in [-0.2, -0.15) is 0 Å². The summed E-state index contributed by atoms with van der Waals surface area (Å²) in [6.07, 6.45) is 6.26. The number of halogens is 1. The fraction of sp³-hybridized carbons (Fsp3) is 0.600. The van der Waals surface area contributed by atoms with Gasteiger partial charge in [0, 0.05) is 10.9 Å². The summed E-state index contributed by atoms with van der Waals surface area (Å²) < 4.78 is 1.10. The molecule has 2 rings (SSSR count). The molecule has 2 heteroatoms. The van der Waals surface area contributed by atoms with Crippen molar-refractivity contribution < 1.29 is 5.11 Å². The molecule has 0 bridgehead atoms. The van der Waals surface area contributed by atoms with Gasteiger partial charge in [-0.3, -0.25) is 0 Å². The molecule has 1 aromatic rings. The SMILES string of the molecule is CC1CCCC(O)(Cc2cccc(Br)c2)CC1. The standard InChI is InChI=1S/C15H21BrO/c1-12-4-3-8-15(17,9-7-12)11-13-5-2-6-14(16)10-13/h2,5-6,10,12,17H,3-4,7-9,11H2,1H3. The molecule has 0 heterocycles. The monoisotopic (exact) mass is 296 g/mol. The van der Waals surface area contributed by atoms with E-state index in [1.54, 1.807) is 0 Å². The van der Waals surface area contributed by atoms with Crippen molar-refractivity contribution in [2.24, 2.45) is 5.92 Å². The van der Waals surface area contributed by atoms with E-state index in [1.807, 2.05) is 12.1 Å². The van der Waals surface area contributed by atoms with Crippen LogP contribution in [0.3, 0.4) is 0 Å². The maximum atomic E-state index is 10.7. The van der Waals surface area contributed by atoms with Crippen molar-refractivity contribution in [3.8, 4) is 0 Å². The number of benzene rings is 1. The first kappa shape index (κ1) is 13.1. The van der Waals surface area contributed by atoms with E-state index in [9.17, 15) is 5.11 Å². The highest BCUT2D eigenvalue weighted by molar-refractivity contribution is 9.10. The van der Waals surface area contributed by atoms with Crippen molar-refractivity contribution in [3.05, 3.63) is 34.3 Å². The van der Waals surface area contributed by atoms with Crippen molar-refractivity contribution >= 4 is 15.9 Å². The number of rotatable bonds is 2. The van der Waals surface area contributed by atoms with E-state index in [0.717, 1.165) is 42.5 Å². The zero-order valence-corrected chi connectivity index (χ0v) is 12.0. The third-order valence-corrected chi connectivity index (χ3v) is 4.36. The molecule has 17 heavy (non-hydrogen) atoms. The van der Waals surface area contributed by atoms with E-state index in [0.29, 0.717) is 0 Å². The van der Waals surface area contributed by atoms with Gasteiger partial charge in [0.2, 0.25) is 0 Å². The van der Waals surface area contributed by atoms with Crippen LogP contribution in [0.15, 0.2) is 28.7 Å². The van der Waals surface area contributed by atoms with Gasteiger partial charge in [0.1, 0.15) is 0 Å². The smallest absolute Gasteiger partial charge is 0.0688 e. The molecule has 2 atom stereocenters. The molecule has 1 nitrogen and oxygen atoms in total. The summed E-state index contributed by atoms with van der Waals surface area (Å²) in [6.45, 7) is 2.30. The molecule has 1 fully saturated rings. The van der Waals surface area contributed by atoms with Crippen molar-refractivity contribution in [1.29, 1.82) is 0 Å². The lowest BCUT2D eigenvalue weighted by atomic mass is 9.87. The van der Waals surface area contributed by atoms with E-state index < -0.39 is 5.60 Å². The van der Waals surface area contributed by atoms with Crippen molar-refractivity contribution in [3.63, 3.8) is 0 Å². The fourth-order valence-electron chi connectivity index (χ4n) is 2.77. The first-order chi connectivity index (χ1) is 8.07. The van der Waals surface area contributed by atoms with Gasteiger partial charge in [0.25, 0.3) is 0 Å². The maximum Gasteiger partial charge on any atom is 0.0688 e. The highest BCUT2D eigenvalue weighted by Gasteiger charge is 2.29. The Bertz CT molecular complexity index is 377. The van der Waals surface area contributed by atoms with Crippen LogP contribution in [0.1, 0.15) is 44.6 Å². The topological polar surface area (TPSA) is 20.2 Å². The first-order valence-electron chi connectivity index (χ1n) is 6.54. The molecule has 1 saturated carbocycles. The first-order valence-corrected chi connectivity index (χ1v) is 7.34. The van der Waals surface area contributed by atoms with Crippen molar-refractivity contribution in [2.75, 3.05) is 0 Å². The zero-order chi connectivity index (χ0) is 12.3. The Hall–Kier alpha value is -0.340. The predicted octanol–water partition coefficient (Wildman–Crippen LogP) is 4.32. The molecule has 0 radical (unpaired) electrons. The number of hydrogen-bond donors (Lipinski definition) is 1. The molecule has 0 amide bonds. The quantitative estimate of drug-likeness (QED) is 0.806. The Labute approximate surface area is 112 Å². The molecule has 0 saturated heterocycles. The molecule has 0 spiro atoms. The fourth-order valence-corrected chi connectivity index (χ4v) is 3.21. The van der Waals surface area contributed by atoms with E-state index >= 15 is 0 Å². The van der Waals surface area contributed by atoms with Gasteiger partial charge in [-0.25, -0.2) is 0 Å². The number of hydrogen-bond acceptors (Lipinski definition) is 1. The zero-order valence-electron chi connectivity index (χ0n) is 10.5. The molecule has 1 aliphatic rings. The number of aliphatic hydroxyl groups is 1. The van der Waals surface area contributed by atoms with Crippen LogP contribution in [0.2, 0.25) is 0 Å². The lowest BCUT2D eigenvalue weighted by Crippen LogP contribution is -2.30. The summed E-state index contributed by atoms with van der Waals surface area (Å²) in [6, 6.07) is 8.30. The van der Waals surface area contributed by atoms with Crippen LogP contribution in [-0.2, 0) is 6.42 Å². The van der Waals surface area contributed by atoms with Gasteiger partial charge in [0.15, 0.2) is 0 Å². The summed E-state index contributed by atoms with van der Waals surface area (Å²) in [5.41, 5.74) is 0.752. The third-order valence-electron chi connectivity index (χ3n) is 3.86. The van der Waals surface area contributed by atoms with Gasteiger partial charge in [-0.15, -0.1) is 0 Å². The van der Waals surface area contributed by atoms with Gasteiger partial charge < -0.3 is 5.11 Å². The molecule has 1 N–H and O–H groups in total. The Morgan fingerprint density at radius 3 is 2.94 bits per heavy atom. The Kier molecular flexibility index (Phi) is 4.26. The second-order valence-electron chi connectivity index (χ2n) is 5.57. The van der Waals surface area contributed by atoms with E-state index in [2.05, 4.69) is 35.0 Å². The van der Waals surface area contributed by atoms with Crippen molar-refractivity contribution in [1.82, 2.24) is 0 Å². The van der Waals surface area contributed by atoms with Crippen LogP contribution >= 0.6 is 15.9 Å². The van der Waals surface area contributed by atoms with Crippen LogP contribution in [-0.4, -0.2) is 10.7 Å². The lowest BCUT2D eigenvalue weighted by molar-refractivity contribution is 0.0244. The summed E-state index contributed by atoms with van der Waals surface area (Å²) in [4.78, 5) is 0. The summed E-state index contributed by atoms with van der Waals surface area (Å²) >= 11 is 3.49. The van der Waals surface area contributed by atoms with Gasteiger partial charge in [-0.1, -0.05) is 47.8 Å². The van der Waals surface area contributed by atoms with Crippen LogP contribution in [0.4, 0.5) is 0 Å². The Morgan fingerprint density at radius 1 is 1.35 bits per heavy atom. The molecule has 1 aromatic carbocycles. The highest BCUT2D eigenvalue weighted by atomic mass is 79.9. The van der Waals surface area contributed by atoms with Crippen LogP contribution in [0.25, 0.3) is 0 Å². The van der Waals surface area contributed by atoms with Gasteiger partial charge in [0.05, 0.1) is 5.60 Å². The second-order valence-corrected chi connectivity index (χ2v) is 6.48. The minimum atomic E-state index is -0.481. The van der Waals surface area contributed by atoms with Crippen LogP contribution < -0.4 is 0 Å². The predicted molar refractivity (Wildman–Crippen MR) is 75.0 cm³/mol.